The minimum atomic E-state index is -0.555. The molecule has 4 N–H and O–H groups in total. The minimum Gasteiger partial charge on any atom is -0.381 e. The van der Waals surface area contributed by atoms with Crippen molar-refractivity contribution >= 4 is 23.6 Å². The van der Waals surface area contributed by atoms with E-state index >= 15 is 0 Å². The van der Waals surface area contributed by atoms with Crippen molar-refractivity contribution in [2.24, 2.45) is 11.7 Å². The molecule has 0 atom stereocenters. The van der Waals surface area contributed by atoms with E-state index in [1.54, 1.807) is 26.1 Å². The molecule has 0 aliphatic heterocycles. The second-order valence-electron chi connectivity index (χ2n) is 8.60. The first kappa shape index (κ1) is 22.3. The van der Waals surface area contributed by atoms with Crippen LogP contribution in [0.4, 0.5) is 11.8 Å². The van der Waals surface area contributed by atoms with Crippen LogP contribution in [0.5, 0.6) is 0 Å². The van der Waals surface area contributed by atoms with Crippen LogP contribution in [-0.2, 0) is 9.53 Å². The Morgan fingerprint density at radius 1 is 1.03 bits per heavy atom. The molecule has 30 heavy (non-hydrogen) atoms. The Hall–Kier alpha value is -2.42. The van der Waals surface area contributed by atoms with Gasteiger partial charge in [-0.05, 0) is 51.4 Å². The summed E-state index contributed by atoms with van der Waals surface area (Å²) in [5.41, 5.74) is 5.82. The Balaban J connectivity index is 1.63. The maximum atomic E-state index is 12.2. The summed E-state index contributed by atoms with van der Waals surface area (Å²) in [5.74, 6) is 0.662. The first-order valence-electron chi connectivity index (χ1n) is 10.8. The molecule has 0 aromatic carbocycles. The van der Waals surface area contributed by atoms with E-state index in [1.165, 1.54) is 6.20 Å². The Bertz CT molecular complexity index is 740. The standard InChI is InChI=1S/C21H34N6O3/c1-27(2)20(29)13-4-6-14(7-5-13)24-19-17(18(22)28)12-23-21(26-19)25-15-8-10-16(30-3)11-9-15/h12-16H,4-11H2,1-3H3,(H2,22,28)(H2,23,24,25,26). The van der Waals surface area contributed by atoms with Crippen LogP contribution >= 0.6 is 0 Å². The van der Waals surface area contributed by atoms with Crippen LogP contribution in [0, 0.1) is 5.92 Å². The molecule has 9 heteroatoms. The lowest BCUT2D eigenvalue weighted by Crippen LogP contribution is -2.35. The van der Waals surface area contributed by atoms with Crippen LogP contribution in [-0.4, -0.2) is 66.1 Å². The van der Waals surface area contributed by atoms with Gasteiger partial charge in [-0.15, -0.1) is 0 Å². The van der Waals surface area contributed by atoms with Crippen molar-refractivity contribution in [1.82, 2.24) is 14.9 Å². The molecule has 0 bridgehead atoms. The minimum absolute atomic E-state index is 0.0681. The van der Waals surface area contributed by atoms with Crippen LogP contribution in [0.2, 0.25) is 0 Å². The third-order valence-corrected chi connectivity index (χ3v) is 6.25. The van der Waals surface area contributed by atoms with E-state index in [9.17, 15) is 9.59 Å². The molecule has 2 saturated carbocycles. The van der Waals surface area contributed by atoms with Gasteiger partial charge in [-0.25, -0.2) is 4.98 Å². The Morgan fingerprint density at radius 3 is 2.20 bits per heavy atom. The van der Waals surface area contributed by atoms with Crippen LogP contribution in [0.25, 0.3) is 0 Å². The van der Waals surface area contributed by atoms with Gasteiger partial charge in [-0.3, -0.25) is 9.59 Å². The third kappa shape index (κ3) is 5.59. The molecule has 1 aromatic heterocycles. The number of hydrogen-bond donors (Lipinski definition) is 3. The van der Waals surface area contributed by atoms with E-state index < -0.39 is 5.91 Å². The lowest BCUT2D eigenvalue weighted by Gasteiger charge is -2.31. The fraction of sp³-hybridized carbons (Fsp3) is 0.714. The van der Waals surface area contributed by atoms with Crippen LogP contribution in [0.15, 0.2) is 6.20 Å². The topological polar surface area (TPSA) is 122 Å². The lowest BCUT2D eigenvalue weighted by molar-refractivity contribution is -0.133. The van der Waals surface area contributed by atoms with Gasteiger partial charge in [0.25, 0.3) is 5.91 Å². The number of rotatable bonds is 7. The summed E-state index contributed by atoms with van der Waals surface area (Å²) >= 11 is 0. The molecule has 0 spiro atoms. The normalized spacial score (nSPS) is 26.6. The fourth-order valence-corrected chi connectivity index (χ4v) is 4.41. The van der Waals surface area contributed by atoms with E-state index in [1.807, 2.05) is 0 Å². The summed E-state index contributed by atoms with van der Waals surface area (Å²) in [6.45, 7) is 0. The molecule has 1 aromatic rings. The Labute approximate surface area is 178 Å². The first-order valence-corrected chi connectivity index (χ1v) is 10.8. The molecular formula is C21H34N6O3. The largest absolute Gasteiger partial charge is 0.381 e. The van der Waals surface area contributed by atoms with Gasteiger partial charge in [0, 0.05) is 45.4 Å². The highest BCUT2D eigenvalue weighted by Gasteiger charge is 2.28. The number of carbonyl (C=O) groups is 2. The molecule has 2 aliphatic carbocycles. The highest BCUT2D eigenvalue weighted by atomic mass is 16.5. The maximum absolute atomic E-state index is 12.2. The number of ether oxygens (including phenoxy) is 1. The van der Waals surface area contributed by atoms with Gasteiger partial charge in [0.05, 0.1) is 11.7 Å². The van der Waals surface area contributed by atoms with Crippen molar-refractivity contribution in [3.63, 3.8) is 0 Å². The molecule has 2 aliphatic rings. The second-order valence-corrected chi connectivity index (χ2v) is 8.60. The molecule has 3 rings (SSSR count). The molecule has 1 heterocycles. The second kappa shape index (κ2) is 10.1. The molecule has 166 valence electrons. The number of hydrogen-bond acceptors (Lipinski definition) is 7. The average Bonchev–Trinajstić information content (AvgIpc) is 2.74. The summed E-state index contributed by atoms with van der Waals surface area (Å²) in [5, 5.41) is 6.76. The number of anilines is 2. The van der Waals surface area contributed by atoms with E-state index in [0.29, 0.717) is 17.9 Å². The summed E-state index contributed by atoms with van der Waals surface area (Å²) in [6, 6.07) is 0.436. The third-order valence-electron chi connectivity index (χ3n) is 6.25. The van der Waals surface area contributed by atoms with Crippen LogP contribution < -0.4 is 16.4 Å². The molecule has 0 unspecified atom stereocenters. The number of methoxy groups -OCH3 is 1. The van der Waals surface area contributed by atoms with Crippen molar-refractivity contribution in [1.29, 1.82) is 0 Å². The number of aromatic nitrogens is 2. The monoisotopic (exact) mass is 418 g/mol. The zero-order valence-corrected chi connectivity index (χ0v) is 18.2. The van der Waals surface area contributed by atoms with Gasteiger partial charge < -0.3 is 26.0 Å². The predicted molar refractivity (Wildman–Crippen MR) is 115 cm³/mol. The van der Waals surface area contributed by atoms with Crippen molar-refractivity contribution in [2.75, 3.05) is 31.8 Å². The highest BCUT2D eigenvalue weighted by molar-refractivity contribution is 5.97. The van der Waals surface area contributed by atoms with E-state index in [0.717, 1.165) is 51.4 Å². The molecule has 2 amide bonds. The van der Waals surface area contributed by atoms with Gasteiger partial charge in [-0.1, -0.05) is 0 Å². The zero-order valence-electron chi connectivity index (χ0n) is 18.2. The van der Waals surface area contributed by atoms with Crippen LogP contribution in [0.3, 0.4) is 0 Å². The van der Waals surface area contributed by atoms with Crippen molar-refractivity contribution < 1.29 is 14.3 Å². The lowest BCUT2D eigenvalue weighted by atomic mass is 9.85. The highest BCUT2D eigenvalue weighted by Crippen LogP contribution is 2.29. The first-order chi connectivity index (χ1) is 14.4. The van der Waals surface area contributed by atoms with Gasteiger partial charge in [-0.2, -0.15) is 4.98 Å². The number of nitrogens with one attached hydrogen (secondary N) is 2. The van der Waals surface area contributed by atoms with Crippen molar-refractivity contribution in [3.8, 4) is 0 Å². The Kier molecular flexibility index (Phi) is 7.47. The van der Waals surface area contributed by atoms with Gasteiger partial charge >= 0.3 is 0 Å². The number of primary amides is 1. The van der Waals surface area contributed by atoms with Crippen molar-refractivity contribution in [3.05, 3.63) is 11.8 Å². The Morgan fingerprint density at radius 2 is 1.63 bits per heavy atom. The summed E-state index contributed by atoms with van der Waals surface area (Å²) in [4.78, 5) is 34.6. The number of nitrogens with two attached hydrogens (primary N) is 1. The summed E-state index contributed by atoms with van der Waals surface area (Å²) < 4.78 is 5.43. The fourth-order valence-electron chi connectivity index (χ4n) is 4.41. The van der Waals surface area contributed by atoms with Crippen molar-refractivity contribution in [2.45, 2.75) is 69.6 Å². The zero-order chi connectivity index (χ0) is 21.7. The van der Waals surface area contributed by atoms with Gasteiger partial charge in [0.2, 0.25) is 11.9 Å². The molecule has 0 radical (unpaired) electrons. The SMILES string of the molecule is COC1CCC(Nc2ncc(C(N)=O)c(NC3CCC(C(=O)N(C)C)CC3)n2)CC1. The summed E-state index contributed by atoms with van der Waals surface area (Å²) in [6.07, 6.45) is 9.14. The molecule has 2 fully saturated rings. The van der Waals surface area contributed by atoms with E-state index in [4.69, 9.17) is 10.5 Å². The number of nitrogens with zero attached hydrogens (tertiary/aromatic N) is 3. The van der Waals surface area contributed by atoms with Crippen LogP contribution in [0.1, 0.15) is 61.7 Å². The average molecular weight is 419 g/mol. The molecule has 9 nitrogen and oxygen atoms in total. The quantitative estimate of drug-likeness (QED) is 0.619. The predicted octanol–water partition coefficient (Wildman–Crippen LogP) is 2.00. The molecular weight excluding hydrogens is 384 g/mol. The van der Waals surface area contributed by atoms with E-state index in [2.05, 4.69) is 20.6 Å². The van der Waals surface area contributed by atoms with E-state index in [-0.39, 0.29) is 29.5 Å². The summed E-state index contributed by atoms with van der Waals surface area (Å²) in [7, 11) is 5.35. The maximum Gasteiger partial charge on any atom is 0.254 e. The smallest absolute Gasteiger partial charge is 0.254 e. The number of amides is 2. The molecule has 0 saturated heterocycles. The van der Waals surface area contributed by atoms with Gasteiger partial charge in [0.15, 0.2) is 0 Å². The number of carbonyl (C=O) groups excluding carboxylic acids is 2. The van der Waals surface area contributed by atoms with Gasteiger partial charge in [0.1, 0.15) is 5.82 Å².